The van der Waals surface area contributed by atoms with Crippen molar-refractivity contribution in [2.45, 2.75) is 20.4 Å². The Labute approximate surface area is 132 Å². The van der Waals surface area contributed by atoms with Crippen molar-refractivity contribution in [1.82, 2.24) is 14.8 Å². The van der Waals surface area contributed by atoms with Gasteiger partial charge in [0.25, 0.3) is 0 Å². The molecule has 0 saturated heterocycles. The number of hydrogen-bond acceptors (Lipinski definition) is 3. The van der Waals surface area contributed by atoms with Gasteiger partial charge >= 0.3 is 0 Å². The summed E-state index contributed by atoms with van der Waals surface area (Å²) in [4.78, 5) is 16.5. The topological polar surface area (TPSA) is 59.8 Å². The molecule has 3 rings (SSSR count). The highest BCUT2D eigenvalue weighted by atomic mass is 35.5. The Morgan fingerprint density at radius 1 is 1.27 bits per heavy atom. The molecule has 0 spiro atoms. The van der Waals surface area contributed by atoms with Gasteiger partial charge < -0.3 is 5.32 Å². The van der Waals surface area contributed by atoms with Crippen LogP contribution in [0.1, 0.15) is 11.4 Å². The molecule has 3 aromatic rings. The Bertz CT molecular complexity index is 851. The predicted molar refractivity (Wildman–Crippen MR) is 87.1 cm³/mol. The van der Waals surface area contributed by atoms with Crippen LogP contribution in [0, 0.1) is 13.8 Å². The van der Waals surface area contributed by atoms with Crippen LogP contribution >= 0.6 is 11.6 Å². The number of rotatable bonds is 3. The fourth-order valence-corrected chi connectivity index (χ4v) is 2.50. The fraction of sp³-hybridized carbons (Fsp3) is 0.188. The first kappa shape index (κ1) is 14.5. The van der Waals surface area contributed by atoms with Crippen LogP contribution in [0.2, 0.25) is 5.02 Å². The van der Waals surface area contributed by atoms with E-state index in [9.17, 15) is 4.79 Å². The van der Waals surface area contributed by atoms with Crippen LogP contribution in [-0.2, 0) is 11.3 Å². The van der Waals surface area contributed by atoms with Gasteiger partial charge in [-0.1, -0.05) is 17.7 Å². The number of anilines is 1. The molecular weight excluding hydrogens is 300 g/mol. The van der Waals surface area contributed by atoms with E-state index >= 15 is 0 Å². The third-order valence-corrected chi connectivity index (χ3v) is 4.05. The standard InChI is InChI=1S/C16H15ClN4O/c1-10-16(17)11(2)21(20-10)9-15(22)19-14-7-3-6-13-12(14)5-4-8-18-13/h3-8H,9H2,1-2H3,(H,19,22). The second-order valence-electron chi connectivity index (χ2n) is 5.07. The number of aromatic nitrogens is 3. The zero-order valence-corrected chi connectivity index (χ0v) is 13.1. The maximum Gasteiger partial charge on any atom is 0.246 e. The Hall–Kier alpha value is -2.40. The van der Waals surface area contributed by atoms with Crippen molar-refractivity contribution in [2.75, 3.05) is 5.32 Å². The maximum atomic E-state index is 12.3. The van der Waals surface area contributed by atoms with Crippen molar-refractivity contribution in [3.63, 3.8) is 0 Å². The van der Waals surface area contributed by atoms with Gasteiger partial charge in [0.1, 0.15) is 6.54 Å². The molecule has 0 aliphatic carbocycles. The smallest absolute Gasteiger partial charge is 0.246 e. The highest BCUT2D eigenvalue weighted by Gasteiger charge is 2.13. The molecule has 1 N–H and O–H groups in total. The van der Waals surface area contributed by atoms with E-state index in [0.717, 1.165) is 28.0 Å². The Morgan fingerprint density at radius 3 is 2.82 bits per heavy atom. The third-order valence-electron chi connectivity index (χ3n) is 3.51. The second-order valence-corrected chi connectivity index (χ2v) is 5.44. The predicted octanol–water partition coefficient (Wildman–Crippen LogP) is 3.34. The van der Waals surface area contributed by atoms with Crippen LogP contribution in [0.5, 0.6) is 0 Å². The summed E-state index contributed by atoms with van der Waals surface area (Å²) in [6.45, 7) is 3.79. The molecule has 0 fully saturated rings. The van der Waals surface area contributed by atoms with Crippen LogP contribution < -0.4 is 5.32 Å². The van der Waals surface area contributed by atoms with Crippen LogP contribution in [0.4, 0.5) is 5.69 Å². The minimum atomic E-state index is -0.154. The maximum absolute atomic E-state index is 12.3. The molecule has 0 bridgehead atoms. The van der Waals surface area contributed by atoms with Crippen molar-refractivity contribution in [3.05, 3.63) is 52.9 Å². The molecule has 22 heavy (non-hydrogen) atoms. The third kappa shape index (κ3) is 2.67. The number of hydrogen-bond donors (Lipinski definition) is 1. The van der Waals surface area contributed by atoms with Gasteiger partial charge in [-0.25, -0.2) is 0 Å². The van der Waals surface area contributed by atoms with E-state index in [-0.39, 0.29) is 12.5 Å². The van der Waals surface area contributed by atoms with Crippen molar-refractivity contribution < 1.29 is 4.79 Å². The molecule has 5 nitrogen and oxygen atoms in total. The molecule has 0 radical (unpaired) electrons. The lowest BCUT2D eigenvalue weighted by Crippen LogP contribution is -2.20. The van der Waals surface area contributed by atoms with Gasteiger partial charge in [0.15, 0.2) is 0 Å². The zero-order chi connectivity index (χ0) is 15.7. The molecule has 0 saturated carbocycles. The van der Waals surface area contributed by atoms with Gasteiger partial charge in [-0.2, -0.15) is 5.10 Å². The average Bonchev–Trinajstić information content (AvgIpc) is 2.75. The van der Waals surface area contributed by atoms with Crippen molar-refractivity contribution in [2.24, 2.45) is 0 Å². The molecule has 0 unspecified atom stereocenters. The van der Waals surface area contributed by atoms with E-state index in [2.05, 4.69) is 15.4 Å². The van der Waals surface area contributed by atoms with E-state index in [0.29, 0.717) is 5.02 Å². The second kappa shape index (κ2) is 5.77. The van der Waals surface area contributed by atoms with Gasteiger partial charge in [0.2, 0.25) is 5.91 Å². The molecule has 112 valence electrons. The van der Waals surface area contributed by atoms with Crippen molar-refractivity contribution >= 4 is 34.1 Å². The number of fused-ring (bicyclic) bond motifs is 1. The van der Waals surface area contributed by atoms with E-state index in [1.165, 1.54) is 0 Å². The number of pyridine rings is 1. The highest BCUT2D eigenvalue weighted by molar-refractivity contribution is 6.31. The van der Waals surface area contributed by atoms with Gasteiger partial charge in [-0.3, -0.25) is 14.5 Å². The molecule has 0 aliphatic rings. The number of carbonyl (C=O) groups is 1. The number of nitrogens with zero attached hydrogens (tertiary/aromatic N) is 3. The number of amides is 1. The summed E-state index contributed by atoms with van der Waals surface area (Å²) >= 11 is 6.10. The first-order chi connectivity index (χ1) is 10.6. The molecule has 0 atom stereocenters. The molecule has 1 aromatic carbocycles. The van der Waals surface area contributed by atoms with E-state index in [1.54, 1.807) is 10.9 Å². The van der Waals surface area contributed by atoms with Crippen LogP contribution in [0.25, 0.3) is 10.9 Å². The molecule has 1 amide bonds. The van der Waals surface area contributed by atoms with Gasteiger partial charge in [0.05, 0.1) is 27.6 Å². The summed E-state index contributed by atoms with van der Waals surface area (Å²) in [5.74, 6) is -0.154. The van der Waals surface area contributed by atoms with E-state index in [1.807, 2.05) is 44.2 Å². The first-order valence-corrected chi connectivity index (χ1v) is 7.27. The van der Waals surface area contributed by atoms with Gasteiger partial charge in [0, 0.05) is 11.6 Å². The Kier molecular flexibility index (Phi) is 3.81. The highest BCUT2D eigenvalue weighted by Crippen LogP contribution is 2.22. The molecular formula is C16H15ClN4O. The Balaban J connectivity index is 1.83. The van der Waals surface area contributed by atoms with Crippen molar-refractivity contribution in [1.29, 1.82) is 0 Å². The van der Waals surface area contributed by atoms with Crippen LogP contribution in [0.3, 0.4) is 0 Å². The Morgan fingerprint density at radius 2 is 2.09 bits per heavy atom. The molecule has 2 heterocycles. The number of halogens is 1. The summed E-state index contributed by atoms with van der Waals surface area (Å²) in [6.07, 6.45) is 1.73. The van der Waals surface area contributed by atoms with Crippen molar-refractivity contribution in [3.8, 4) is 0 Å². The quantitative estimate of drug-likeness (QED) is 0.806. The molecule has 0 aliphatic heterocycles. The summed E-state index contributed by atoms with van der Waals surface area (Å²) in [6, 6.07) is 9.41. The van der Waals surface area contributed by atoms with E-state index in [4.69, 9.17) is 11.6 Å². The summed E-state index contributed by atoms with van der Waals surface area (Å²) in [5, 5.41) is 8.68. The fourth-order valence-electron chi connectivity index (χ4n) is 2.37. The van der Waals surface area contributed by atoms with Crippen LogP contribution in [0.15, 0.2) is 36.5 Å². The van der Waals surface area contributed by atoms with Crippen LogP contribution in [-0.4, -0.2) is 20.7 Å². The molecule has 6 heteroatoms. The summed E-state index contributed by atoms with van der Waals surface area (Å²) < 4.78 is 1.61. The number of carbonyl (C=O) groups excluding carboxylic acids is 1. The number of benzene rings is 1. The number of nitrogens with one attached hydrogen (secondary N) is 1. The number of aryl methyl sites for hydroxylation is 1. The minimum absolute atomic E-state index is 0.121. The SMILES string of the molecule is Cc1nn(CC(=O)Nc2cccc3ncccc23)c(C)c1Cl. The lowest BCUT2D eigenvalue weighted by molar-refractivity contribution is -0.116. The lowest BCUT2D eigenvalue weighted by atomic mass is 10.2. The minimum Gasteiger partial charge on any atom is -0.324 e. The first-order valence-electron chi connectivity index (χ1n) is 6.89. The lowest BCUT2D eigenvalue weighted by Gasteiger charge is -2.09. The van der Waals surface area contributed by atoms with E-state index < -0.39 is 0 Å². The molecule has 2 aromatic heterocycles. The normalized spacial score (nSPS) is 10.9. The largest absolute Gasteiger partial charge is 0.324 e. The zero-order valence-electron chi connectivity index (χ0n) is 12.3. The summed E-state index contributed by atoms with van der Waals surface area (Å²) in [5.41, 5.74) is 3.09. The summed E-state index contributed by atoms with van der Waals surface area (Å²) in [7, 11) is 0. The van der Waals surface area contributed by atoms with Gasteiger partial charge in [-0.05, 0) is 38.1 Å². The monoisotopic (exact) mass is 314 g/mol. The average molecular weight is 315 g/mol. The van der Waals surface area contributed by atoms with Gasteiger partial charge in [-0.15, -0.1) is 0 Å².